The molecule has 14 heteroatoms. The molecule has 0 N–H and O–H groups in total. The lowest BCUT2D eigenvalue weighted by atomic mass is 9.74. The predicted molar refractivity (Wildman–Crippen MR) is 121 cm³/mol. The minimum atomic E-state index is -7.86. The normalized spacial score (nSPS) is 20.1. The summed E-state index contributed by atoms with van der Waals surface area (Å²) in [5, 5.41) is 0. The third kappa shape index (κ3) is 6.60. The zero-order valence-electron chi connectivity index (χ0n) is 21.6. The van der Waals surface area contributed by atoms with Crippen LogP contribution < -0.4 is 4.74 Å². The fourth-order valence-electron chi connectivity index (χ4n) is 4.74. The molecule has 0 heterocycles. The molecule has 0 bridgehead atoms. The molecule has 1 saturated carbocycles. The van der Waals surface area contributed by atoms with E-state index in [4.69, 9.17) is 4.74 Å². The van der Waals surface area contributed by atoms with Crippen LogP contribution >= 0.6 is 0 Å². The SMILES string of the molecule is CCCCCCCCOc1ccc(C2CCC(C(F)(F)C(F)(F)C(F)(F)C(F)(F)C(F)(F)C(F)(F)F)CC2)cc1. The van der Waals surface area contributed by atoms with E-state index in [0.717, 1.165) is 38.5 Å². The maximum absolute atomic E-state index is 14.5. The van der Waals surface area contributed by atoms with E-state index in [2.05, 4.69) is 6.92 Å². The summed E-state index contributed by atoms with van der Waals surface area (Å²) < 4.78 is 180. The second-order valence-electron chi connectivity index (χ2n) is 10.2. The van der Waals surface area contributed by atoms with E-state index < -0.39 is 60.5 Å². The number of alkyl halides is 13. The van der Waals surface area contributed by atoms with Crippen molar-refractivity contribution in [1.82, 2.24) is 0 Å². The van der Waals surface area contributed by atoms with Crippen LogP contribution in [0.1, 0.15) is 82.6 Å². The summed E-state index contributed by atoms with van der Waals surface area (Å²) in [6, 6.07) is 6.40. The van der Waals surface area contributed by atoms with Crippen molar-refractivity contribution in [1.29, 1.82) is 0 Å². The van der Waals surface area contributed by atoms with Gasteiger partial charge in [-0.25, -0.2) is 0 Å². The lowest BCUT2D eigenvalue weighted by molar-refractivity contribution is -0.443. The molecule has 0 aromatic heterocycles. The summed E-state index contributed by atoms with van der Waals surface area (Å²) in [5.74, 6) is -39.2. The van der Waals surface area contributed by atoms with Crippen LogP contribution in [0.2, 0.25) is 0 Å². The molecule has 1 aromatic rings. The Morgan fingerprint density at radius 2 is 1.07 bits per heavy atom. The molecule has 1 aliphatic carbocycles. The van der Waals surface area contributed by atoms with Gasteiger partial charge in [0.1, 0.15) is 5.75 Å². The Morgan fingerprint density at radius 3 is 1.57 bits per heavy atom. The molecule has 232 valence electrons. The Kier molecular flexibility index (Phi) is 10.8. The zero-order chi connectivity index (χ0) is 30.6. The molecule has 0 spiro atoms. The van der Waals surface area contributed by atoms with E-state index in [-0.39, 0.29) is 12.8 Å². The first kappa shape index (κ1) is 34.3. The van der Waals surface area contributed by atoms with Gasteiger partial charge in [-0.05, 0) is 55.7 Å². The number of hydrogen-bond donors (Lipinski definition) is 0. The van der Waals surface area contributed by atoms with Crippen molar-refractivity contribution in [2.75, 3.05) is 6.61 Å². The van der Waals surface area contributed by atoms with Gasteiger partial charge in [-0.15, -0.1) is 0 Å². The van der Waals surface area contributed by atoms with Gasteiger partial charge in [-0.3, -0.25) is 0 Å². The van der Waals surface area contributed by atoms with E-state index >= 15 is 0 Å². The molecule has 1 nitrogen and oxygen atoms in total. The summed E-state index contributed by atoms with van der Waals surface area (Å²) in [4.78, 5) is 0. The average molecular weight is 607 g/mol. The lowest BCUT2D eigenvalue weighted by Gasteiger charge is -2.43. The van der Waals surface area contributed by atoms with Gasteiger partial charge in [-0.2, -0.15) is 57.1 Å². The fourth-order valence-corrected chi connectivity index (χ4v) is 4.74. The molecule has 0 unspecified atom stereocenters. The summed E-state index contributed by atoms with van der Waals surface area (Å²) >= 11 is 0. The molecule has 1 fully saturated rings. The van der Waals surface area contributed by atoms with Crippen LogP contribution in [-0.4, -0.2) is 42.4 Å². The quantitative estimate of drug-likeness (QED) is 0.151. The minimum Gasteiger partial charge on any atom is -0.494 e. The molecule has 40 heavy (non-hydrogen) atoms. The molecule has 0 saturated heterocycles. The Bertz CT molecular complexity index is 918. The monoisotopic (exact) mass is 606 g/mol. The van der Waals surface area contributed by atoms with Crippen molar-refractivity contribution < 1.29 is 61.8 Å². The molecule has 2 rings (SSSR count). The first-order valence-electron chi connectivity index (χ1n) is 12.9. The summed E-state index contributed by atoms with van der Waals surface area (Å²) in [6.45, 7) is 2.58. The highest BCUT2D eigenvalue weighted by Gasteiger charge is 2.91. The third-order valence-electron chi connectivity index (χ3n) is 7.32. The average Bonchev–Trinajstić information content (AvgIpc) is 2.87. The minimum absolute atomic E-state index is 0.269. The number of rotatable bonds is 14. The van der Waals surface area contributed by atoms with Gasteiger partial charge < -0.3 is 4.74 Å². The van der Waals surface area contributed by atoms with E-state index in [0.29, 0.717) is 17.9 Å². The highest BCUT2D eigenvalue weighted by molar-refractivity contribution is 5.30. The molecule has 0 amide bonds. The molecule has 0 atom stereocenters. The summed E-state index contributed by atoms with van der Waals surface area (Å²) in [7, 11) is 0. The molecule has 1 aliphatic rings. The van der Waals surface area contributed by atoms with Crippen LogP contribution in [0.3, 0.4) is 0 Å². The Balaban J connectivity index is 2.02. The van der Waals surface area contributed by atoms with Crippen LogP contribution in [-0.2, 0) is 0 Å². The highest BCUT2D eigenvalue weighted by Crippen LogP contribution is 2.62. The van der Waals surface area contributed by atoms with Gasteiger partial charge in [0.15, 0.2) is 0 Å². The largest absolute Gasteiger partial charge is 0.494 e. The second-order valence-corrected chi connectivity index (χ2v) is 10.2. The number of hydrogen-bond acceptors (Lipinski definition) is 1. The standard InChI is InChI=1S/C26H31F13O/c1-2-3-4-5-6-7-16-40-20-14-10-18(11-15-20)17-8-12-19(13-9-17)21(27,28)22(29,30)23(31,32)24(33,34)25(35,36)26(37,38)39/h10-11,14-15,17,19H,2-9,12-13,16H2,1H3. The van der Waals surface area contributed by atoms with Gasteiger partial charge in [-0.1, -0.05) is 51.2 Å². The van der Waals surface area contributed by atoms with Gasteiger partial charge in [0.2, 0.25) is 0 Å². The van der Waals surface area contributed by atoms with Crippen LogP contribution in [0, 0.1) is 5.92 Å². The molecular formula is C26H31F13O. The highest BCUT2D eigenvalue weighted by atomic mass is 19.4. The van der Waals surface area contributed by atoms with Crippen molar-refractivity contribution in [3.8, 4) is 5.75 Å². The summed E-state index contributed by atoms with van der Waals surface area (Å²) in [6.07, 6.45) is -3.37. The Hall–Kier alpha value is -1.89. The van der Waals surface area contributed by atoms with Crippen molar-refractivity contribution in [2.45, 2.75) is 113 Å². The van der Waals surface area contributed by atoms with E-state index in [9.17, 15) is 57.1 Å². The van der Waals surface area contributed by atoms with Crippen molar-refractivity contribution >= 4 is 0 Å². The van der Waals surface area contributed by atoms with E-state index in [1.807, 2.05) is 0 Å². The molecule has 0 radical (unpaired) electrons. The number of ether oxygens (including phenoxy) is 1. The smallest absolute Gasteiger partial charge is 0.460 e. The molecule has 0 aliphatic heterocycles. The molecular weight excluding hydrogens is 575 g/mol. The topological polar surface area (TPSA) is 9.23 Å². The maximum atomic E-state index is 14.5. The van der Waals surface area contributed by atoms with Gasteiger partial charge in [0, 0.05) is 5.92 Å². The van der Waals surface area contributed by atoms with E-state index in [1.54, 1.807) is 24.3 Å². The summed E-state index contributed by atoms with van der Waals surface area (Å²) in [5.41, 5.74) is 0.585. The maximum Gasteiger partial charge on any atom is 0.460 e. The zero-order valence-corrected chi connectivity index (χ0v) is 21.6. The van der Waals surface area contributed by atoms with Gasteiger partial charge in [0.05, 0.1) is 6.61 Å². The first-order valence-corrected chi connectivity index (χ1v) is 12.9. The second kappa shape index (κ2) is 12.5. The van der Waals surface area contributed by atoms with Crippen LogP contribution in [0.15, 0.2) is 24.3 Å². The van der Waals surface area contributed by atoms with Crippen LogP contribution in [0.4, 0.5) is 57.1 Å². The number of unbranched alkanes of at least 4 members (excludes halogenated alkanes) is 5. The van der Waals surface area contributed by atoms with Crippen LogP contribution in [0.5, 0.6) is 5.75 Å². The van der Waals surface area contributed by atoms with E-state index in [1.165, 1.54) is 0 Å². The van der Waals surface area contributed by atoms with Crippen molar-refractivity contribution in [3.05, 3.63) is 29.8 Å². The van der Waals surface area contributed by atoms with Gasteiger partial charge >= 0.3 is 35.8 Å². The van der Waals surface area contributed by atoms with Gasteiger partial charge in [0.25, 0.3) is 0 Å². The fraction of sp³-hybridized carbons (Fsp3) is 0.769. The number of benzene rings is 1. The van der Waals surface area contributed by atoms with Crippen LogP contribution in [0.25, 0.3) is 0 Å². The first-order chi connectivity index (χ1) is 18.3. The molecule has 1 aromatic carbocycles. The number of halogens is 13. The Morgan fingerprint density at radius 1 is 0.600 bits per heavy atom. The van der Waals surface area contributed by atoms with Crippen molar-refractivity contribution in [2.24, 2.45) is 5.92 Å². The van der Waals surface area contributed by atoms with Crippen molar-refractivity contribution in [3.63, 3.8) is 0 Å². The lowest BCUT2D eigenvalue weighted by Crippen LogP contribution is -2.71. The third-order valence-corrected chi connectivity index (χ3v) is 7.32. The predicted octanol–water partition coefficient (Wildman–Crippen LogP) is 10.4. The Labute approximate surface area is 223 Å².